The number of rotatable bonds is 11. The molecule has 4 aromatic rings. The van der Waals surface area contributed by atoms with Gasteiger partial charge in [0.1, 0.15) is 0 Å². The first-order valence-electron chi connectivity index (χ1n) is 13.0. The summed E-state index contributed by atoms with van der Waals surface area (Å²) in [6.45, 7) is 4.63. The summed E-state index contributed by atoms with van der Waals surface area (Å²) in [6, 6.07) is 23.1. The third-order valence-corrected chi connectivity index (χ3v) is 6.66. The topological polar surface area (TPSA) is 9.23 Å². The van der Waals surface area contributed by atoms with Crippen LogP contribution in [-0.2, 0) is 12.8 Å². The fraction of sp³-hybridized carbons (Fsp3) is 0.273. The summed E-state index contributed by atoms with van der Waals surface area (Å²) in [5.41, 5.74) is 4.72. The van der Waals surface area contributed by atoms with Gasteiger partial charge in [-0.2, -0.15) is 0 Å². The fourth-order valence-electron chi connectivity index (χ4n) is 4.40. The molecule has 4 heteroatoms. The minimum atomic E-state index is -0.853. The van der Waals surface area contributed by atoms with Crippen LogP contribution >= 0.6 is 0 Å². The van der Waals surface area contributed by atoms with Crippen molar-refractivity contribution < 1.29 is 17.9 Å². The lowest BCUT2D eigenvalue weighted by Gasteiger charge is -2.11. The van der Waals surface area contributed by atoms with E-state index in [1.54, 1.807) is 42.5 Å². The van der Waals surface area contributed by atoms with Gasteiger partial charge in [-0.05, 0) is 60.6 Å². The Bertz CT molecular complexity index is 1310. The van der Waals surface area contributed by atoms with E-state index >= 15 is 0 Å². The second-order valence-corrected chi connectivity index (χ2v) is 9.53. The maximum Gasteiger partial charge on any atom is 0.167 e. The zero-order valence-corrected chi connectivity index (χ0v) is 21.5. The molecule has 4 aromatic carbocycles. The average Bonchev–Trinajstić information content (AvgIpc) is 2.91. The fourth-order valence-corrected chi connectivity index (χ4v) is 4.40. The maximum absolute atomic E-state index is 15.0. The Hall–Kier alpha value is -3.53. The summed E-state index contributed by atoms with van der Waals surface area (Å²) < 4.78 is 49.9. The molecular formula is C33H33F3O. The molecule has 0 unspecified atom stereocenters. The van der Waals surface area contributed by atoms with E-state index < -0.39 is 11.6 Å². The molecule has 0 spiro atoms. The molecule has 0 atom stereocenters. The van der Waals surface area contributed by atoms with Crippen molar-refractivity contribution in [2.45, 2.75) is 52.4 Å². The van der Waals surface area contributed by atoms with Crippen molar-refractivity contribution in [2.75, 3.05) is 6.61 Å². The van der Waals surface area contributed by atoms with Gasteiger partial charge in [-0.3, -0.25) is 0 Å². The van der Waals surface area contributed by atoms with Gasteiger partial charge in [-0.25, -0.2) is 13.2 Å². The summed E-state index contributed by atoms with van der Waals surface area (Å²) >= 11 is 0. The molecule has 0 aliphatic rings. The van der Waals surface area contributed by atoms with Crippen LogP contribution < -0.4 is 4.74 Å². The number of unbranched alkanes of at least 4 members (excludes halogenated alkanes) is 3. The van der Waals surface area contributed by atoms with Crippen LogP contribution in [0.1, 0.15) is 49.3 Å². The van der Waals surface area contributed by atoms with E-state index in [1.165, 1.54) is 6.07 Å². The Morgan fingerprint density at radius 1 is 0.622 bits per heavy atom. The molecule has 0 N–H and O–H groups in total. The van der Waals surface area contributed by atoms with E-state index in [9.17, 15) is 13.2 Å². The molecule has 0 fully saturated rings. The van der Waals surface area contributed by atoms with Gasteiger partial charge in [0.2, 0.25) is 0 Å². The lowest BCUT2D eigenvalue weighted by atomic mass is 9.97. The highest BCUT2D eigenvalue weighted by Crippen LogP contribution is 2.32. The maximum atomic E-state index is 15.0. The van der Waals surface area contributed by atoms with Gasteiger partial charge in [0.05, 0.1) is 6.61 Å². The van der Waals surface area contributed by atoms with Gasteiger partial charge >= 0.3 is 0 Å². The number of benzene rings is 4. The second-order valence-electron chi connectivity index (χ2n) is 9.53. The summed E-state index contributed by atoms with van der Waals surface area (Å²) in [4.78, 5) is 0. The largest absolute Gasteiger partial charge is 0.491 e. The van der Waals surface area contributed by atoms with Crippen molar-refractivity contribution in [1.29, 1.82) is 0 Å². The molecule has 0 aliphatic carbocycles. The van der Waals surface area contributed by atoms with E-state index in [1.807, 2.05) is 37.3 Å². The highest BCUT2D eigenvalue weighted by atomic mass is 19.2. The molecule has 192 valence electrons. The molecule has 0 saturated heterocycles. The quantitative estimate of drug-likeness (QED) is 0.186. The molecule has 0 bridgehead atoms. The van der Waals surface area contributed by atoms with Crippen LogP contribution in [0.15, 0.2) is 78.9 Å². The number of ether oxygens (including phenoxy) is 1. The van der Waals surface area contributed by atoms with Crippen molar-refractivity contribution in [2.24, 2.45) is 0 Å². The number of aryl methyl sites for hydroxylation is 3. The van der Waals surface area contributed by atoms with Crippen molar-refractivity contribution in [3.05, 3.63) is 113 Å². The van der Waals surface area contributed by atoms with Crippen LogP contribution in [0.4, 0.5) is 13.2 Å². The van der Waals surface area contributed by atoms with E-state index in [-0.39, 0.29) is 16.9 Å². The zero-order valence-electron chi connectivity index (χ0n) is 21.5. The van der Waals surface area contributed by atoms with E-state index in [4.69, 9.17) is 4.74 Å². The zero-order chi connectivity index (χ0) is 26.2. The van der Waals surface area contributed by atoms with E-state index in [0.717, 1.165) is 42.4 Å². The minimum Gasteiger partial charge on any atom is -0.491 e. The van der Waals surface area contributed by atoms with Crippen molar-refractivity contribution in [1.82, 2.24) is 0 Å². The van der Waals surface area contributed by atoms with Crippen molar-refractivity contribution in [3.63, 3.8) is 0 Å². The van der Waals surface area contributed by atoms with Crippen LogP contribution in [0.2, 0.25) is 0 Å². The van der Waals surface area contributed by atoms with Crippen LogP contribution in [0, 0.1) is 24.4 Å². The second kappa shape index (κ2) is 12.6. The lowest BCUT2D eigenvalue weighted by molar-refractivity contribution is 0.290. The standard InChI is InChI=1S/C33H33F3O/c1-3-4-5-6-21-37-31-20-13-25(22-30(31)34)10-9-24-11-16-27(17-12-24)29-19-18-28(32(35)33(29)36)26-14-7-23(2)8-15-26/h7-8,11-20,22H,3-6,9-10,21H2,1-2H3. The predicted octanol–water partition coefficient (Wildman–Crippen LogP) is 9.49. The van der Waals surface area contributed by atoms with Gasteiger partial charge in [0.25, 0.3) is 0 Å². The van der Waals surface area contributed by atoms with Gasteiger partial charge in [-0.15, -0.1) is 0 Å². The molecule has 0 saturated carbocycles. The molecule has 37 heavy (non-hydrogen) atoms. The minimum absolute atomic E-state index is 0.229. The smallest absolute Gasteiger partial charge is 0.167 e. The van der Waals surface area contributed by atoms with Crippen LogP contribution in [-0.4, -0.2) is 6.61 Å². The van der Waals surface area contributed by atoms with Gasteiger partial charge in [0, 0.05) is 11.1 Å². The molecular weight excluding hydrogens is 469 g/mol. The summed E-state index contributed by atoms with van der Waals surface area (Å²) in [5, 5.41) is 0. The summed E-state index contributed by atoms with van der Waals surface area (Å²) in [5.74, 6) is -1.74. The van der Waals surface area contributed by atoms with Crippen LogP contribution in [0.5, 0.6) is 5.75 Å². The number of halogens is 3. The Kier molecular flexibility index (Phi) is 9.05. The Balaban J connectivity index is 1.38. The molecule has 4 rings (SSSR count). The first-order chi connectivity index (χ1) is 18.0. The molecule has 0 heterocycles. The van der Waals surface area contributed by atoms with Crippen molar-refractivity contribution >= 4 is 0 Å². The van der Waals surface area contributed by atoms with Crippen LogP contribution in [0.3, 0.4) is 0 Å². The molecule has 1 nitrogen and oxygen atoms in total. The first-order valence-corrected chi connectivity index (χ1v) is 13.0. The molecule has 0 aromatic heterocycles. The van der Waals surface area contributed by atoms with Gasteiger partial charge < -0.3 is 4.74 Å². The molecule has 0 amide bonds. The predicted molar refractivity (Wildman–Crippen MR) is 145 cm³/mol. The third-order valence-electron chi connectivity index (χ3n) is 6.66. The molecule has 0 aliphatic heterocycles. The average molecular weight is 503 g/mol. The monoisotopic (exact) mass is 502 g/mol. The highest BCUT2D eigenvalue weighted by Gasteiger charge is 2.16. The van der Waals surface area contributed by atoms with E-state index in [2.05, 4.69) is 6.92 Å². The van der Waals surface area contributed by atoms with Gasteiger partial charge in [-0.1, -0.05) is 98.5 Å². The first kappa shape index (κ1) is 26.5. The van der Waals surface area contributed by atoms with E-state index in [0.29, 0.717) is 36.3 Å². The number of hydrogen-bond acceptors (Lipinski definition) is 1. The lowest BCUT2D eigenvalue weighted by Crippen LogP contribution is -2.00. The molecule has 0 radical (unpaired) electrons. The summed E-state index contributed by atoms with van der Waals surface area (Å²) in [6.07, 6.45) is 5.72. The van der Waals surface area contributed by atoms with Crippen LogP contribution in [0.25, 0.3) is 22.3 Å². The Morgan fingerprint density at radius 3 is 1.78 bits per heavy atom. The number of hydrogen-bond donors (Lipinski definition) is 0. The highest BCUT2D eigenvalue weighted by molar-refractivity contribution is 5.72. The SMILES string of the molecule is CCCCCCOc1ccc(CCc2ccc(-c3ccc(-c4ccc(C)cc4)c(F)c3F)cc2)cc1F. The Morgan fingerprint density at radius 2 is 1.19 bits per heavy atom. The van der Waals surface area contributed by atoms with Crippen molar-refractivity contribution in [3.8, 4) is 28.0 Å². The normalized spacial score (nSPS) is 11.1. The third kappa shape index (κ3) is 6.82. The van der Waals surface area contributed by atoms with Gasteiger partial charge in [0.15, 0.2) is 23.2 Å². The summed E-state index contributed by atoms with van der Waals surface area (Å²) in [7, 11) is 0. The Labute approximate surface area is 217 Å².